The van der Waals surface area contributed by atoms with Gasteiger partial charge in [0.2, 0.25) is 0 Å². The van der Waals surface area contributed by atoms with Crippen molar-refractivity contribution < 1.29 is 9.53 Å². The molecule has 184 valence electrons. The Morgan fingerprint density at radius 1 is 1.19 bits per heavy atom. The molecule has 7 heteroatoms. The molecular formula is C29H29BrN4O2. The van der Waals surface area contributed by atoms with E-state index in [0.29, 0.717) is 22.8 Å². The van der Waals surface area contributed by atoms with E-state index in [1.807, 2.05) is 12.1 Å². The van der Waals surface area contributed by atoms with E-state index in [4.69, 9.17) is 9.72 Å². The number of imidazole rings is 1. The SMILES string of the molecule is COc1cc(C(=O)N2CC34CC(CC23)C4)cc2nc(-c3cc4ccc(Br)cc4n3CC3CC3)n(C)c12. The summed E-state index contributed by atoms with van der Waals surface area (Å²) in [4.78, 5) is 20.8. The number of hydrogen-bond donors (Lipinski definition) is 0. The van der Waals surface area contributed by atoms with Crippen LogP contribution in [0.15, 0.2) is 40.9 Å². The van der Waals surface area contributed by atoms with Gasteiger partial charge in [0.1, 0.15) is 11.3 Å². The molecule has 5 fully saturated rings. The van der Waals surface area contributed by atoms with Gasteiger partial charge in [0.25, 0.3) is 5.91 Å². The van der Waals surface area contributed by atoms with Crippen LogP contribution in [-0.4, -0.2) is 44.6 Å². The second-order valence-electron chi connectivity index (χ2n) is 11.6. The first kappa shape index (κ1) is 21.3. The van der Waals surface area contributed by atoms with Gasteiger partial charge in [0, 0.05) is 52.5 Å². The Morgan fingerprint density at radius 2 is 2.03 bits per heavy atom. The third-order valence-electron chi connectivity index (χ3n) is 9.41. The molecule has 0 radical (unpaired) electrons. The van der Waals surface area contributed by atoms with Crippen molar-refractivity contribution >= 4 is 43.8 Å². The zero-order chi connectivity index (χ0) is 24.3. The average molecular weight is 545 g/mol. The number of rotatable bonds is 5. The highest BCUT2D eigenvalue weighted by Crippen LogP contribution is 2.66. The fourth-order valence-corrected chi connectivity index (χ4v) is 7.84. The van der Waals surface area contributed by atoms with Gasteiger partial charge in [-0.25, -0.2) is 4.98 Å². The molecule has 1 saturated heterocycles. The standard InChI is InChI=1S/C29H29BrN4O2/c1-32-26-21(8-19(10-24(26)36-2)28(35)34-15-29-12-17(13-29)7-25(29)34)31-27(32)23-9-18-5-6-20(30)11-22(18)33(23)14-16-3-4-16/h5-6,8-11,16-17,25H,3-4,7,12-15H2,1-2H3. The predicted molar refractivity (Wildman–Crippen MR) is 143 cm³/mol. The van der Waals surface area contributed by atoms with E-state index in [-0.39, 0.29) is 5.91 Å². The molecule has 3 heterocycles. The first-order valence-corrected chi connectivity index (χ1v) is 13.9. The number of nitrogens with zero attached hydrogens (tertiary/aromatic N) is 4. The number of halogens is 1. The molecular weight excluding hydrogens is 516 g/mol. The van der Waals surface area contributed by atoms with E-state index in [1.165, 1.54) is 43.0 Å². The maximum Gasteiger partial charge on any atom is 0.254 e. The smallest absolute Gasteiger partial charge is 0.254 e. The van der Waals surface area contributed by atoms with Crippen molar-refractivity contribution in [3.05, 3.63) is 46.4 Å². The second kappa shape index (κ2) is 7.15. The number of fused-ring (bicyclic) bond motifs is 2. The Balaban J connectivity index is 1.24. The van der Waals surface area contributed by atoms with Crippen LogP contribution in [0.2, 0.25) is 0 Å². The largest absolute Gasteiger partial charge is 0.494 e. The lowest BCUT2D eigenvalue weighted by Crippen LogP contribution is -2.64. The van der Waals surface area contributed by atoms with E-state index in [0.717, 1.165) is 51.9 Å². The molecule has 1 aliphatic heterocycles. The number of ether oxygens (including phenoxy) is 1. The highest BCUT2D eigenvalue weighted by Gasteiger charge is 2.66. The number of carbonyl (C=O) groups excluding carboxylic acids is 1. The summed E-state index contributed by atoms with van der Waals surface area (Å²) in [5.74, 6) is 3.30. The number of hydrogen-bond acceptors (Lipinski definition) is 3. The molecule has 6 nitrogen and oxygen atoms in total. The average Bonchev–Trinajstić information content (AvgIpc) is 3.32. The van der Waals surface area contributed by atoms with Crippen LogP contribution in [0.3, 0.4) is 0 Å². The van der Waals surface area contributed by atoms with E-state index < -0.39 is 0 Å². The van der Waals surface area contributed by atoms with Crippen molar-refractivity contribution in [2.45, 2.75) is 44.7 Å². The third-order valence-corrected chi connectivity index (χ3v) is 9.90. The number of benzene rings is 2. The molecule has 0 N–H and O–H groups in total. The van der Waals surface area contributed by atoms with Crippen LogP contribution in [-0.2, 0) is 13.6 Å². The van der Waals surface area contributed by atoms with E-state index in [9.17, 15) is 4.79 Å². The van der Waals surface area contributed by atoms with Crippen molar-refractivity contribution in [2.75, 3.05) is 13.7 Å². The van der Waals surface area contributed by atoms with Gasteiger partial charge in [-0.2, -0.15) is 0 Å². The van der Waals surface area contributed by atoms with E-state index >= 15 is 0 Å². The summed E-state index contributed by atoms with van der Waals surface area (Å²) in [5, 5.41) is 1.21. The number of carbonyl (C=O) groups is 1. The van der Waals surface area contributed by atoms with Crippen LogP contribution in [0.25, 0.3) is 33.5 Å². The third kappa shape index (κ3) is 2.83. The Bertz CT molecular complexity index is 1590. The number of aryl methyl sites for hydroxylation is 1. The number of methoxy groups -OCH3 is 1. The van der Waals surface area contributed by atoms with Crippen LogP contribution in [0, 0.1) is 17.3 Å². The van der Waals surface area contributed by atoms with Crippen LogP contribution < -0.4 is 4.74 Å². The topological polar surface area (TPSA) is 52.3 Å². The number of likely N-dealkylation sites (tertiary alicyclic amines) is 1. The molecule has 2 aromatic carbocycles. The summed E-state index contributed by atoms with van der Waals surface area (Å²) in [5.41, 5.74) is 5.20. The molecule has 5 aliphatic rings. The highest BCUT2D eigenvalue weighted by molar-refractivity contribution is 9.10. The molecule has 4 aliphatic carbocycles. The van der Waals surface area contributed by atoms with Crippen molar-refractivity contribution in [3.63, 3.8) is 0 Å². The Hall–Kier alpha value is -2.80. The van der Waals surface area contributed by atoms with Crippen molar-refractivity contribution in [2.24, 2.45) is 24.3 Å². The van der Waals surface area contributed by atoms with Gasteiger partial charge >= 0.3 is 0 Å². The minimum Gasteiger partial charge on any atom is -0.494 e. The first-order valence-electron chi connectivity index (χ1n) is 13.1. The summed E-state index contributed by atoms with van der Waals surface area (Å²) in [6.07, 6.45) is 6.39. The fraction of sp³-hybridized carbons (Fsp3) is 0.448. The molecule has 1 spiro atoms. The van der Waals surface area contributed by atoms with Gasteiger partial charge in [-0.3, -0.25) is 4.79 Å². The van der Waals surface area contributed by atoms with Gasteiger partial charge in [-0.15, -0.1) is 0 Å². The molecule has 36 heavy (non-hydrogen) atoms. The van der Waals surface area contributed by atoms with Gasteiger partial charge in [-0.05, 0) is 74.3 Å². The molecule has 2 aromatic heterocycles. The predicted octanol–water partition coefficient (Wildman–Crippen LogP) is 6.00. The van der Waals surface area contributed by atoms with Crippen molar-refractivity contribution in [3.8, 4) is 17.3 Å². The zero-order valence-electron chi connectivity index (χ0n) is 20.6. The quantitative estimate of drug-likeness (QED) is 0.309. The Morgan fingerprint density at radius 3 is 2.78 bits per heavy atom. The maximum atomic E-state index is 13.6. The van der Waals surface area contributed by atoms with Crippen molar-refractivity contribution in [1.29, 1.82) is 0 Å². The summed E-state index contributed by atoms with van der Waals surface area (Å²) >= 11 is 3.66. The monoisotopic (exact) mass is 544 g/mol. The Labute approximate surface area is 218 Å². The van der Waals surface area contributed by atoms with Crippen LogP contribution in [0.1, 0.15) is 42.5 Å². The molecule has 1 atom stereocenters. The van der Waals surface area contributed by atoms with Crippen LogP contribution >= 0.6 is 15.9 Å². The summed E-state index contributed by atoms with van der Waals surface area (Å²) in [7, 11) is 3.73. The lowest BCUT2D eigenvalue weighted by Gasteiger charge is -2.56. The summed E-state index contributed by atoms with van der Waals surface area (Å²) in [6, 6.07) is 13.0. The van der Waals surface area contributed by atoms with Gasteiger partial charge in [0.05, 0.1) is 18.3 Å². The molecule has 2 bridgehead atoms. The normalized spacial score (nSPS) is 26.2. The molecule has 4 saturated carbocycles. The first-order chi connectivity index (χ1) is 17.4. The van der Waals surface area contributed by atoms with E-state index in [2.05, 4.69) is 61.3 Å². The minimum atomic E-state index is 0.123. The minimum absolute atomic E-state index is 0.123. The molecule has 1 amide bonds. The van der Waals surface area contributed by atoms with Crippen LogP contribution in [0.5, 0.6) is 5.75 Å². The molecule has 9 rings (SSSR count). The van der Waals surface area contributed by atoms with Gasteiger partial charge in [-0.1, -0.05) is 22.0 Å². The van der Waals surface area contributed by atoms with Gasteiger partial charge in [0.15, 0.2) is 5.82 Å². The van der Waals surface area contributed by atoms with Crippen molar-refractivity contribution in [1.82, 2.24) is 19.0 Å². The number of aromatic nitrogens is 3. The highest BCUT2D eigenvalue weighted by atomic mass is 79.9. The Kier molecular flexibility index (Phi) is 4.23. The van der Waals surface area contributed by atoms with Crippen LogP contribution in [0.4, 0.5) is 0 Å². The lowest BCUT2D eigenvalue weighted by atomic mass is 9.63. The van der Waals surface area contributed by atoms with Gasteiger partial charge < -0.3 is 18.8 Å². The molecule has 1 unspecified atom stereocenters. The zero-order valence-corrected chi connectivity index (χ0v) is 22.2. The fourth-order valence-electron chi connectivity index (χ4n) is 7.49. The number of amides is 1. The summed E-state index contributed by atoms with van der Waals surface area (Å²) in [6.45, 7) is 1.91. The van der Waals surface area contributed by atoms with E-state index in [1.54, 1.807) is 7.11 Å². The molecule has 4 aromatic rings. The maximum absolute atomic E-state index is 13.6. The lowest BCUT2D eigenvalue weighted by molar-refractivity contribution is -0.0552. The summed E-state index contributed by atoms with van der Waals surface area (Å²) < 4.78 is 11.5. The second-order valence-corrected chi connectivity index (χ2v) is 12.6.